The number of hydrogen-bond donors (Lipinski definition) is 1. The average Bonchev–Trinajstić information content (AvgIpc) is 2.94. The molecule has 0 aliphatic heterocycles. The highest BCUT2D eigenvalue weighted by atomic mass is 32.1. The number of benzene rings is 1. The predicted molar refractivity (Wildman–Crippen MR) is 85.8 cm³/mol. The van der Waals surface area contributed by atoms with Crippen molar-refractivity contribution in [2.75, 3.05) is 13.7 Å². The molecule has 1 aromatic carbocycles. The van der Waals surface area contributed by atoms with E-state index in [4.69, 9.17) is 27.4 Å². The van der Waals surface area contributed by atoms with Crippen LogP contribution in [0.15, 0.2) is 24.4 Å². The van der Waals surface area contributed by atoms with E-state index < -0.39 is 0 Å². The van der Waals surface area contributed by atoms with Crippen LogP contribution in [0.3, 0.4) is 0 Å². The summed E-state index contributed by atoms with van der Waals surface area (Å²) in [6.45, 7) is 2.71. The Kier molecular flexibility index (Phi) is 4.92. The SMILES string of the molecule is CCCOc1cc(-c2ncc(C(N)=S)s2)ccc1OC. The highest BCUT2D eigenvalue weighted by Crippen LogP contribution is 2.34. The summed E-state index contributed by atoms with van der Waals surface area (Å²) < 4.78 is 11.0. The molecule has 0 bridgehead atoms. The molecule has 0 saturated heterocycles. The van der Waals surface area contributed by atoms with Gasteiger partial charge in [0.25, 0.3) is 0 Å². The van der Waals surface area contributed by atoms with Crippen LogP contribution < -0.4 is 15.2 Å². The Bertz CT molecular complexity index is 611. The summed E-state index contributed by atoms with van der Waals surface area (Å²) in [6.07, 6.45) is 2.63. The molecule has 20 heavy (non-hydrogen) atoms. The number of thiocarbonyl (C=S) groups is 1. The van der Waals surface area contributed by atoms with Crippen LogP contribution in [-0.2, 0) is 0 Å². The summed E-state index contributed by atoms with van der Waals surface area (Å²) in [5, 5.41) is 0.858. The summed E-state index contributed by atoms with van der Waals surface area (Å²) in [4.78, 5) is 5.51. The molecule has 0 unspecified atom stereocenters. The van der Waals surface area contributed by atoms with Crippen LogP contribution >= 0.6 is 23.6 Å². The zero-order chi connectivity index (χ0) is 14.5. The largest absolute Gasteiger partial charge is 0.493 e. The molecule has 6 heteroatoms. The van der Waals surface area contributed by atoms with E-state index in [9.17, 15) is 0 Å². The molecule has 0 fully saturated rings. The molecule has 106 valence electrons. The van der Waals surface area contributed by atoms with Gasteiger partial charge in [-0.05, 0) is 24.6 Å². The highest BCUT2D eigenvalue weighted by Gasteiger charge is 2.11. The van der Waals surface area contributed by atoms with E-state index in [0.29, 0.717) is 17.3 Å². The number of aromatic nitrogens is 1. The normalized spacial score (nSPS) is 10.3. The number of nitrogens with zero attached hydrogens (tertiary/aromatic N) is 1. The molecule has 0 saturated carbocycles. The molecule has 0 spiro atoms. The molecule has 1 aromatic heterocycles. The average molecular weight is 308 g/mol. The van der Waals surface area contributed by atoms with Gasteiger partial charge < -0.3 is 15.2 Å². The van der Waals surface area contributed by atoms with Gasteiger partial charge in [-0.2, -0.15) is 0 Å². The van der Waals surface area contributed by atoms with Crippen LogP contribution in [0.4, 0.5) is 0 Å². The topological polar surface area (TPSA) is 57.4 Å². The first-order chi connectivity index (χ1) is 9.65. The number of hydrogen-bond acceptors (Lipinski definition) is 5. The summed E-state index contributed by atoms with van der Waals surface area (Å²) >= 11 is 6.42. The van der Waals surface area contributed by atoms with Crippen molar-refractivity contribution < 1.29 is 9.47 Å². The second-order valence-corrected chi connectivity index (χ2v) is 5.58. The fraction of sp³-hybridized carbons (Fsp3) is 0.286. The van der Waals surface area contributed by atoms with Crippen molar-refractivity contribution in [2.24, 2.45) is 5.73 Å². The van der Waals surface area contributed by atoms with Crippen LogP contribution in [0.1, 0.15) is 18.2 Å². The van der Waals surface area contributed by atoms with Crippen molar-refractivity contribution in [3.63, 3.8) is 0 Å². The maximum atomic E-state index is 5.69. The molecule has 1 heterocycles. The fourth-order valence-corrected chi connectivity index (χ4v) is 2.60. The van der Waals surface area contributed by atoms with Crippen molar-refractivity contribution in [1.29, 1.82) is 0 Å². The first-order valence-corrected chi connectivity index (χ1v) is 7.45. The molecule has 0 aliphatic rings. The van der Waals surface area contributed by atoms with Gasteiger partial charge in [-0.1, -0.05) is 19.1 Å². The highest BCUT2D eigenvalue weighted by molar-refractivity contribution is 7.81. The minimum absolute atomic E-state index is 0.365. The van der Waals surface area contributed by atoms with Gasteiger partial charge in [0, 0.05) is 11.8 Å². The molecule has 0 aliphatic carbocycles. The molecule has 0 atom stereocenters. The van der Waals surface area contributed by atoms with Crippen molar-refractivity contribution in [2.45, 2.75) is 13.3 Å². The maximum Gasteiger partial charge on any atom is 0.161 e. The lowest BCUT2D eigenvalue weighted by Crippen LogP contribution is -2.06. The quantitative estimate of drug-likeness (QED) is 0.830. The van der Waals surface area contributed by atoms with E-state index in [1.807, 2.05) is 18.2 Å². The molecule has 0 radical (unpaired) electrons. The van der Waals surface area contributed by atoms with E-state index in [1.165, 1.54) is 11.3 Å². The minimum Gasteiger partial charge on any atom is -0.493 e. The number of rotatable bonds is 6. The summed E-state index contributed by atoms with van der Waals surface area (Å²) in [7, 11) is 1.63. The van der Waals surface area contributed by atoms with Gasteiger partial charge in [0.2, 0.25) is 0 Å². The number of thiazole rings is 1. The zero-order valence-corrected chi connectivity index (χ0v) is 13.0. The van der Waals surface area contributed by atoms with Crippen molar-refractivity contribution in [3.8, 4) is 22.1 Å². The van der Waals surface area contributed by atoms with Gasteiger partial charge >= 0.3 is 0 Å². The fourth-order valence-electron chi connectivity index (χ4n) is 1.66. The summed E-state index contributed by atoms with van der Waals surface area (Å²) in [5.74, 6) is 1.44. The van der Waals surface area contributed by atoms with Gasteiger partial charge in [-0.25, -0.2) is 4.98 Å². The van der Waals surface area contributed by atoms with E-state index in [1.54, 1.807) is 13.3 Å². The van der Waals surface area contributed by atoms with E-state index in [0.717, 1.165) is 27.6 Å². The molecule has 2 N–H and O–H groups in total. The van der Waals surface area contributed by atoms with Crippen LogP contribution in [0.25, 0.3) is 10.6 Å². The number of ether oxygens (including phenoxy) is 2. The molecular formula is C14H16N2O2S2. The lowest BCUT2D eigenvalue weighted by molar-refractivity contribution is 0.294. The Morgan fingerprint density at radius 2 is 2.20 bits per heavy atom. The standard InChI is InChI=1S/C14H16N2O2S2/c1-3-6-18-11-7-9(4-5-10(11)17-2)14-16-8-12(20-14)13(15)19/h4-5,7-8H,3,6H2,1-2H3,(H2,15,19). The van der Waals surface area contributed by atoms with E-state index in [-0.39, 0.29) is 0 Å². The van der Waals surface area contributed by atoms with Crippen LogP contribution in [0.5, 0.6) is 11.5 Å². The van der Waals surface area contributed by atoms with Gasteiger partial charge in [0.15, 0.2) is 11.5 Å². The monoisotopic (exact) mass is 308 g/mol. The third-order valence-electron chi connectivity index (χ3n) is 2.62. The van der Waals surface area contributed by atoms with Crippen LogP contribution in [-0.4, -0.2) is 23.7 Å². The Labute approximate surface area is 127 Å². The Hall–Kier alpha value is -1.66. The van der Waals surface area contributed by atoms with Crippen LogP contribution in [0.2, 0.25) is 0 Å². The Balaban J connectivity index is 2.33. The lowest BCUT2D eigenvalue weighted by Gasteiger charge is -2.10. The van der Waals surface area contributed by atoms with E-state index in [2.05, 4.69) is 11.9 Å². The molecular weight excluding hydrogens is 292 g/mol. The zero-order valence-electron chi connectivity index (χ0n) is 11.4. The van der Waals surface area contributed by atoms with Gasteiger partial charge in [-0.15, -0.1) is 11.3 Å². The van der Waals surface area contributed by atoms with Gasteiger partial charge in [0.05, 0.1) is 18.6 Å². The number of methoxy groups -OCH3 is 1. The molecule has 4 nitrogen and oxygen atoms in total. The van der Waals surface area contributed by atoms with Crippen molar-refractivity contribution >= 4 is 28.5 Å². The second kappa shape index (κ2) is 6.67. The summed E-state index contributed by atoms with van der Waals surface area (Å²) in [6, 6.07) is 5.75. The van der Waals surface area contributed by atoms with Gasteiger partial charge in [0.1, 0.15) is 10.00 Å². The lowest BCUT2D eigenvalue weighted by atomic mass is 10.2. The smallest absolute Gasteiger partial charge is 0.161 e. The third kappa shape index (κ3) is 3.26. The number of nitrogens with two attached hydrogens (primary N) is 1. The summed E-state index contributed by atoms with van der Waals surface area (Å²) in [5.41, 5.74) is 6.57. The van der Waals surface area contributed by atoms with Crippen molar-refractivity contribution in [1.82, 2.24) is 4.98 Å². The molecule has 0 amide bonds. The first kappa shape index (κ1) is 14.7. The predicted octanol–water partition coefficient (Wildman–Crippen LogP) is 3.24. The molecule has 2 aromatic rings. The molecule has 2 rings (SSSR count). The Morgan fingerprint density at radius 3 is 2.80 bits per heavy atom. The second-order valence-electron chi connectivity index (χ2n) is 4.11. The first-order valence-electron chi connectivity index (χ1n) is 6.22. The third-order valence-corrected chi connectivity index (χ3v) is 4.05. The minimum atomic E-state index is 0.365. The maximum absolute atomic E-state index is 5.69. The van der Waals surface area contributed by atoms with Gasteiger partial charge in [-0.3, -0.25) is 0 Å². The van der Waals surface area contributed by atoms with Crippen molar-refractivity contribution in [3.05, 3.63) is 29.3 Å². The van der Waals surface area contributed by atoms with Crippen LogP contribution in [0, 0.1) is 0 Å². The Morgan fingerprint density at radius 1 is 1.40 bits per heavy atom. The van der Waals surface area contributed by atoms with E-state index >= 15 is 0 Å².